The van der Waals surface area contributed by atoms with Crippen LogP contribution in [0.5, 0.6) is 11.8 Å². The van der Waals surface area contributed by atoms with Crippen LogP contribution < -0.4 is 4.74 Å². The Balaban J connectivity index is 2.36. The molecule has 2 heterocycles. The summed E-state index contributed by atoms with van der Waals surface area (Å²) in [5, 5.41) is 13.2. The number of aryl methyl sites for hydroxylation is 3. The third-order valence-electron chi connectivity index (χ3n) is 2.63. The number of carboxylic acids is 1. The van der Waals surface area contributed by atoms with Crippen molar-refractivity contribution >= 4 is 5.97 Å². The van der Waals surface area contributed by atoms with Crippen LogP contribution in [0.4, 0.5) is 0 Å². The largest absolute Gasteiger partial charge is 0.478 e. The molecule has 19 heavy (non-hydrogen) atoms. The van der Waals surface area contributed by atoms with Crippen molar-refractivity contribution in [2.45, 2.75) is 20.3 Å². The number of ether oxygens (including phenoxy) is 1. The molecule has 0 amide bonds. The Morgan fingerprint density at radius 1 is 1.42 bits per heavy atom. The van der Waals surface area contributed by atoms with E-state index in [-0.39, 0.29) is 11.4 Å². The molecule has 0 saturated heterocycles. The summed E-state index contributed by atoms with van der Waals surface area (Å²) in [4.78, 5) is 15.3. The van der Waals surface area contributed by atoms with E-state index in [4.69, 9.17) is 9.84 Å². The Hall–Kier alpha value is -2.37. The van der Waals surface area contributed by atoms with Gasteiger partial charge in [0.25, 0.3) is 0 Å². The highest BCUT2D eigenvalue weighted by molar-refractivity contribution is 5.88. The number of aromatic carboxylic acids is 1. The van der Waals surface area contributed by atoms with Gasteiger partial charge >= 0.3 is 5.97 Å². The molecule has 0 saturated carbocycles. The van der Waals surface area contributed by atoms with E-state index in [0.717, 1.165) is 5.69 Å². The Labute approximate surface area is 110 Å². The molecular formula is C13H15N3O3. The van der Waals surface area contributed by atoms with Crippen LogP contribution in [0.2, 0.25) is 0 Å². The van der Waals surface area contributed by atoms with Crippen molar-refractivity contribution in [2.75, 3.05) is 0 Å². The van der Waals surface area contributed by atoms with Crippen LogP contribution in [0.25, 0.3) is 0 Å². The zero-order chi connectivity index (χ0) is 14.0. The Morgan fingerprint density at radius 2 is 2.16 bits per heavy atom. The van der Waals surface area contributed by atoms with Crippen molar-refractivity contribution in [1.29, 1.82) is 0 Å². The highest BCUT2D eigenvalue weighted by Crippen LogP contribution is 2.21. The molecule has 0 spiro atoms. The second kappa shape index (κ2) is 5.09. The standard InChI is InChI=1S/C13H15N3O3/c1-4-10-6-9(13(17)18)7-11(14-10)19-12-5-8(2)15-16(12)3/h5-7H,4H2,1-3H3,(H,17,18). The molecule has 2 aromatic rings. The molecule has 0 aliphatic carbocycles. The number of pyridine rings is 1. The minimum atomic E-state index is -0.997. The summed E-state index contributed by atoms with van der Waals surface area (Å²) >= 11 is 0. The molecule has 2 aromatic heterocycles. The first-order valence-corrected chi connectivity index (χ1v) is 5.92. The first-order chi connectivity index (χ1) is 8.99. The van der Waals surface area contributed by atoms with Crippen LogP contribution in [-0.4, -0.2) is 25.8 Å². The number of nitrogens with zero attached hydrogens (tertiary/aromatic N) is 3. The first kappa shape index (κ1) is 13.1. The maximum absolute atomic E-state index is 11.0. The van der Waals surface area contributed by atoms with Crippen molar-refractivity contribution in [2.24, 2.45) is 7.05 Å². The summed E-state index contributed by atoms with van der Waals surface area (Å²) in [6.45, 7) is 3.76. The van der Waals surface area contributed by atoms with E-state index in [0.29, 0.717) is 18.0 Å². The van der Waals surface area contributed by atoms with Crippen LogP contribution in [-0.2, 0) is 13.5 Å². The first-order valence-electron chi connectivity index (χ1n) is 5.92. The quantitative estimate of drug-likeness (QED) is 0.912. The van der Waals surface area contributed by atoms with Gasteiger partial charge in [-0.05, 0) is 19.4 Å². The van der Waals surface area contributed by atoms with Gasteiger partial charge in [-0.2, -0.15) is 5.10 Å². The number of carbonyl (C=O) groups is 1. The Kier molecular flexibility index (Phi) is 3.50. The predicted molar refractivity (Wildman–Crippen MR) is 68.6 cm³/mol. The van der Waals surface area contributed by atoms with E-state index in [1.165, 1.54) is 6.07 Å². The van der Waals surface area contributed by atoms with Crippen molar-refractivity contribution in [1.82, 2.24) is 14.8 Å². The number of hydrogen-bond donors (Lipinski definition) is 1. The minimum absolute atomic E-state index is 0.167. The van der Waals surface area contributed by atoms with Gasteiger partial charge in [-0.3, -0.25) is 0 Å². The molecule has 6 nitrogen and oxygen atoms in total. The normalized spacial score (nSPS) is 10.5. The van der Waals surface area contributed by atoms with Crippen LogP contribution in [0.15, 0.2) is 18.2 Å². The summed E-state index contributed by atoms with van der Waals surface area (Å²) in [5.41, 5.74) is 1.66. The lowest BCUT2D eigenvalue weighted by Gasteiger charge is -2.07. The molecule has 100 valence electrons. The van der Waals surface area contributed by atoms with Crippen molar-refractivity contribution in [3.05, 3.63) is 35.2 Å². The van der Waals surface area contributed by atoms with E-state index in [9.17, 15) is 4.79 Å². The molecule has 0 aromatic carbocycles. The smallest absolute Gasteiger partial charge is 0.335 e. The fourth-order valence-electron chi connectivity index (χ4n) is 1.71. The average molecular weight is 261 g/mol. The van der Waals surface area contributed by atoms with E-state index >= 15 is 0 Å². The van der Waals surface area contributed by atoms with Gasteiger partial charge in [-0.15, -0.1) is 0 Å². The SMILES string of the molecule is CCc1cc(C(=O)O)cc(Oc2cc(C)nn2C)n1. The molecule has 2 rings (SSSR count). The highest BCUT2D eigenvalue weighted by atomic mass is 16.5. The Morgan fingerprint density at radius 3 is 2.68 bits per heavy atom. The molecule has 0 aliphatic heterocycles. The van der Waals surface area contributed by atoms with Gasteiger partial charge in [-0.25, -0.2) is 14.5 Å². The zero-order valence-electron chi connectivity index (χ0n) is 11.0. The Bertz CT molecular complexity index is 620. The molecular weight excluding hydrogens is 246 g/mol. The van der Waals surface area contributed by atoms with Crippen LogP contribution >= 0.6 is 0 Å². The van der Waals surface area contributed by atoms with E-state index in [1.807, 2.05) is 13.8 Å². The second-order valence-corrected chi connectivity index (χ2v) is 4.19. The van der Waals surface area contributed by atoms with Gasteiger partial charge in [0.2, 0.25) is 11.8 Å². The molecule has 0 bridgehead atoms. The molecule has 0 atom stereocenters. The van der Waals surface area contributed by atoms with Gasteiger partial charge in [-0.1, -0.05) is 6.92 Å². The van der Waals surface area contributed by atoms with Gasteiger partial charge in [0.15, 0.2) is 0 Å². The van der Waals surface area contributed by atoms with E-state index < -0.39 is 5.97 Å². The molecule has 1 N–H and O–H groups in total. The second-order valence-electron chi connectivity index (χ2n) is 4.19. The highest BCUT2D eigenvalue weighted by Gasteiger charge is 2.11. The molecule has 0 aliphatic rings. The maximum Gasteiger partial charge on any atom is 0.335 e. The van der Waals surface area contributed by atoms with E-state index in [1.54, 1.807) is 23.9 Å². The van der Waals surface area contributed by atoms with Crippen LogP contribution in [0.1, 0.15) is 28.7 Å². The van der Waals surface area contributed by atoms with Crippen molar-refractivity contribution < 1.29 is 14.6 Å². The summed E-state index contributed by atoms with van der Waals surface area (Å²) in [6, 6.07) is 4.72. The van der Waals surface area contributed by atoms with Crippen molar-refractivity contribution in [3.63, 3.8) is 0 Å². The zero-order valence-corrected chi connectivity index (χ0v) is 11.0. The van der Waals surface area contributed by atoms with Gasteiger partial charge in [0.1, 0.15) is 0 Å². The lowest BCUT2D eigenvalue weighted by Crippen LogP contribution is -2.02. The maximum atomic E-state index is 11.0. The monoisotopic (exact) mass is 261 g/mol. The van der Waals surface area contributed by atoms with E-state index in [2.05, 4.69) is 10.1 Å². The molecule has 0 radical (unpaired) electrons. The third kappa shape index (κ3) is 2.90. The van der Waals surface area contributed by atoms with Gasteiger partial charge in [0.05, 0.1) is 11.3 Å². The fraction of sp³-hybridized carbons (Fsp3) is 0.308. The number of aromatic nitrogens is 3. The van der Waals surface area contributed by atoms with Crippen LogP contribution in [0.3, 0.4) is 0 Å². The minimum Gasteiger partial charge on any atom is -0.478 e. The summed E-state index contributed by atoms with van der Waals surface area (Å²) in [7, 11) is 1.75. The average Bonchev–Trinajstić information content (AvgIpc) is 2.67. The van der Waals surface area contributed by atoms with Gasteiger partial charge in [0, 0.05) is 24.9 Å². The summed E-state index contributed by atoms with van der Waals surface area (Å²) in [6.07, 6.45) is 0.641. The van der Waals surface area contributed by atoms with Gasteiger partial charge < -0.3 is 9.84 Å². The fourth-order valence-corrected chi connectivity index (χ4v) is 1.71. The van der Waals surface area contributed by atoms with Crippen LogP contribution in [0, 0.1) is 6.92 Å². The summed E-state index contributed by atoms with van der Waals surface area (Å²) < 4.78 is 7.17. The van der Waals surface area contributed by atoms with Crippen molar-refractivity contribution in [3.8, 4) is 11.8 Å². The number of hydrogen-bond acceptors (Lipinski definition) is 4. The lowest BCUT2D eigenvalue weighted by molar-refractivity contribution is 0.0696. The lowest BCUT2D eigenvalue weighted by atomic mass is 10.2. The molecule has 0 unspecified atom stereocenters. The predicted octanol–water partition coefficient (Wildman–Crippen LogP) is 2.18. The molecule has 0 fully saturated rings. The topological polar surface area (TPSA) is 77.2 Å². The molecule has 6 heteroatoms. The number of carboxylic acid groups (broad SMARTS) is 1. The third-order valence-corrected chi connectivity index (χ3v) is 2.63. The summed E-state index contributed by atoms with van der Waals surface area (Å²) in [5.74, 6) is -0.211. The number of rotatable bonds is 4.